The number of rotatable bonds is 38. The fourth-order valence-corrected chi connectivity index (χ4v) is 7.76. The third-order valence-corrected chi connectivity index (χ3v) is 11.1. The van der Waals surface area contributed by atoms with E-state index in [-0.39, 0.29) is 24.2 Å². The summed E-state index contributed by atoms with van der Waals surface area (Å²) in [5.74, 6) is -0.673. The van der Waals surface area contributed by atoms with Gasteiger partial charge in [-0.1, -0.05) is 181 Å². The molecule has 7 nitrogen and oxygen atoms in total. The fraction of sp³-hybridized carbons (Fsp3) is 0.933. The number of hydrogen-bond donors (Lipinski definition) is 1. The number of ether oxygens (including phenoxy) is 3. The SMILES string of the molecule is CCCCCCCCCCCCCCCCCC(=O)OC(C)(COC)SC[C@H](NC(=O)CCCCCCCCCCCCCCC)C(=O)OC(C)(C)C. The van der Waals surface area contributed by atoms with Gasteiger partial charge in [0.25, 0.3) is 0 Å². The van der Waals surface area contributed by atoms with Crippen LogP contribution in [0.5, 0.6) is 0 Å². The number of methoxy groups -OCH3 is 1. The van der Waals surface area contributed by atoms with E-state index < -0.39 is 22.5 Å². The van der Waals surface area contributed by atoms with Gasteiger partial charge in [0.1, 0.15) is 11.6 Å². The molecular weight excluding hydrogens is 683 g/mol. The highest BCUT2D eigenvalue weighted by atomic mass is 32.2. The van der Waals surface area contributed by atoms with Crippen LogP contribution < -0.4 is 5.32 Å². The number of carbonyl (C=O) groups is 3. The number of carbonyl (C=O) groups excluding carboxylic acids is 3. The van der Waals surface area contributed by atoms with Gasteiger partial charge in [0.2, 0.25) is 5.91 Å². The molecular formula is C45H87NO6S. The van der Waals surface area contributed by atoms with Crippen molar-refractivity contribution in [3.8, 4) is 0 Å². The summed E-state index contributed by atoms with van der Waals surface area (Å²) in [5, 5.41) is 2.92. The van der Waals surface area contributed by atoms with E-state index in [1.54, 1.807) is 7.11 Å². The van der Waals surface area contributed by atoms with Gasteiger partial charge in [-0.05, 0) is 40.5 Å². The molecule has 1 amide bonds. The van der Waals surface area contributed by atoms with Crippen molar-refractivity contribution in [2.24, 2.45) is 0 Å². The Morgan fingerprint density at radius 3 is 1.25 bits per heavy atom. The molecule has 1 unspecified atom stereocenters. The van der Waals surface area contributed by atoms with Crippen molar-refractivity contribution in [1.29, 1.82) is 0 Å². The summed E-state index contributed by atoms with van der Waals surface area (Å²) in [6, 6.07) is -0.848. The lowest BCUT2D eigenvalue weighted by Gasteiger charge is -2.30. The van der Waals surface area contributed by atoms with Crippen LogP contribution in [0, 0.1) is 0 Å². The van der Waals surface area contributed by atoms with E-state index >= 15 is 0 Å². The van der Waals surface area contributed by atoms with Crippen LogP contribution >= 0.6 is 11.8 Å². The number of thioether (sulfide) groups is 1. The molecule has 0 aliphatic heterocycles. The fourth-order valence-electron chi connectivity index (χ4n) is 6.67. The van der Waals surface area contributed by atoms with Gasteiger partial charge in [0.05, 0.1) is 6.61 Å². The van der Waals surface area contributed by atoms with Crippen LogP contribution in [0.3, 0.4) is 0 Å². The molecule has 0 aliphatic rings. The van der Waals surface area contributed by atoms with Crippen molar-refractivity contribution in [2.75, 3.05) is 19.5 Å². The molecule has 0 heterocycles. The Bertz CT molecular complexity index is 878. The summed E-state index contributed by atoms with van der Waals surface area (Å²) >= 11 is 1.31. The molecule has 0 saturated heterocycles. The van der Waals surface area contributed by atoms with Crippen LogP contribution in [0.4, 0.5) is 0 Å². The third-order valence-electron chi connectivity index (χ3n) is 9.81. The molecule has 1 N–H and O–H groups in total. The van der Waals surface area contributed by atoms with Gasteiger partial charge in [-0.2, -0.15) is 0 Å². The minimum atomic E-state index is -0.985. The molecule has 0 aromatic carbocycles. The summed E-state index contributed by atoms with van der Waals surface area (Å²) in [6.45, 7) is 12.0. The minimum absolute atomic E-state index is 0.150. The Labute approximate surface area is 332 Å². The van der Waals surface area contributed by atoms with Gasteiger partial charge in [0.15, 0.2) is 4.93 Å². The van der Waals surface area contributed by atoms with E-state index in [0.717, 1.165) is 38.5 Å². The molecule has 0 aromatic heterocycles. The summed E-state index contributed by atoms with van der Waals surface area (Å²) in [6.07, 6.45) is 36.1. The van der Waals surface area contributed by atoms with Crippen LogP contribution in [-0.4, -0.2) is 53.9 Å². The maximum atomic E-state index is 13.2. The lowest BCUT2D eigenvalue weighted by molar-refractivity contribution is -0.157. The Hall–Kier alpha value is -1.28. The Balaban J connectivity index is 4.47. The molecule has 0 bridgehead atoms. The summed E-state index contributed by atoms with van der Waals surface area (Å²) in [4.78, 5) is 38.0. The van der Waals surface area contributed by atoms with Crippen LogP contribution in [0.25, 0.3) is 0 Å². The van der Waals surface area contributed by atoms with Crippen molar-refractivity contribution in [3.05, 3.63) is 0 Å². The van der Waals surface area contributed by atoms with Gasteiger partial charge in [-0.3, -0.25) is 9.59 Å². The molecule has 53 heavy (non-hydrogen) atoms. The van der Waals surface area contributed by atoms with Gasteiger partial charge in [-0.25, -0.2) is 4.79 Å². The molecule has 0 radical (unpaired) electrons. The molecule has 0 saturated carbocycles. The van der Waals surface area contributed by atoms with E-state index in [9.17, 15) is 14.4 Å². The second kappa shape index (κ2) is 35.2. The van der Waals surface area contributed by atoms with Gasteiger partial charge < -0.3 is 19.5 Å². The topological polar surface area (TPSA) is 90.9 Å². The summed E-state index contributed by atoms with van der Waals surface area (Å²) < 4.78 is 17.0. The van der Waals surface area contributed by atoms with E-state index in [0.29, 0.717) is 12.8 Å². The van der Waals surface area contributed by atoms with E-state index in [1.807, 2.05) is 27.7 Å². The molecule has 0 spiro atoms. The van der Waals surface area contributed by atoms with Crippen LogP contribution in [0.15, 0.2) is 0 Å². The van der Waals surface area contributed by atoms with Crippen molar-refractivity contribution >= 4 is 29.6 Å². The second-order valence-electron chi connectivity index (χ2n) is 16.7. The summed E-state index contributed by atoms with van der Waals surface area (Å²) in [5.41, 5.74) is -0.685. The lowest BCUT2D eigenvalue weighted by atomic mass is 10.0. The first-order chi connectivity index (χ1) is 25.5. The minimum Gasteiger partial charge on any atom is -0.458 e. The molecule has 314 valence electrons. The maximum absolute atomic E-state index is 13.2. The predicted molar refractivity (Wildman–Crippen MR) is 226 cm³/mol. The molecule has 0 aromatic rings. The number of nitrogens with one attached hydrogen (secondary N) is 1. The quantitative estimate of drug-likeness (QED) is 0.0380. The molecule has 0 rings (SSSR count). The molecule has 2 atom stereocenters. The number of esters is 2. The number of unbranched alkanes of at least 4 members (excludes halogenated alkanes) is 26. The lowest BCUT2D eigenvalue weighted by Crippen LogP contribution is -2.47. The zero-order valence-corrected chi connectivity index (χ0v) is 36.9. The van der Waals surface area contributed by atoms with Gasteiger partial charge >= 0.3 is 11.9 Å². The Morgan fingerprint density at radius 2 is 0.887 bits per heavy atom. The molecule has 0 aliphatic carbocycles. The monoisotopic (exact) mass is 770 g/mol. The second-order valence-corrected chi connectivity index (χ2v) is 18.2. The highest BCUT2D eigenvalue weighted by Gasteiger charge is 2.34. The average molecular weight is 770 g/mol. The van der Waals surface area contributed by atoms with Crippen LogP contribution in [0.1, 0.15) is 234 Å². The van der Waals surface area contributed by atoms with Crippen molar-refractivity contribution in [1.82, 2.24) is 5.32 Å². The number of hydrogen-bond acceptors (Lipinski definition) is 7. The Morgan fingerprint density at radius 1 is 0.528 bits per heavy atom. The zero-order valence-electron chi connectivity index (χ0n) is 36.1. The zero-order chi connectivity index (χ0) is 39.5. The average Bonchev–Trinajstić information content (AvgIpc) is 3.09. The number of amides is 1. The van der Waals surface area contributed by atoms with Crippen LogP contribution in [-0.2, 0) is 28.6 Å². The van der Waals surface area contributed by atoms with Crippen molar-refractivity contribution in [3.63, 3.8) is 0 Å². The van der Waals surface area contributed by atoms with Crippen LogP contribution in [0.2, 0.25) is 0 Å². The van der Waals surface area contributed by atoms with Crippen molar-refractivity contribution < 1.29 is 28.6 Å². The smallest absolute Gasteiger partial charge is 0.330 e. The van der Waals surface area contributed by atoms with Gasteiger partial charge in [-0.15, -0.1) is 11.8 Å². The molecule has 0 fully saturated rings. The van der Waals surface area contributed by atoms with E-state index in [4.69, 9.17) is 14.2 Å². The highest BCUT2D eigenvalue weighted by molar-refractivity contribution is 8.00. The normalized spacial score (nSPS) is 13.4. The standard InChI is InChI=1S/C45H87NO6S/c1-8-10-12-14-16-18-20-22-23-25-27-29-31-33-35-37-42(48)51-45(6,39-50-7)53-38-40(43(49)52-44(3,4)5)46-41(47)36-34-32-30-28-26-24-21-19-17-15-13-11-9-2/h40H,8-39H2,1-7H3,(H,46,47)/t40-,45?/m0/s1. The van der Waals surface area contributed by atoms with E-state index in [2.05, 4.69) is 19.2 Å². The summed E-state index contributed by atoms with van der Waals surface area (Å²) in [7, 11) is 1.57. The van der Waals surface area contributed by atoms with Crippen molar-refractivity contribution in [2.45, 2.75) is 251 Å². The maximum Gasteiger partial charge on any atom is 0.330 e. The first kappa shape index (κ1) is 51.7. The Kier molecular flexibility index (Phi) is 34.3. The first-order valence-corrected chi connectivity index (χ1v) is 23.3. The predicted octanol–water partition coefficient (Wildman–Crippen LogP) is 13.2. The van der Waals surface area contributed by atoms with Gasteiger partial charge in [0, 0.05) is 25.7 Å². The third kappa shape index (κ3) is 34.9. The first-order valence-electron chi connectivity index (χ1n) is 22.3. The largest absolute Gasteiger partial charge is 0.458 e. The molecule has 8 heteroatoms. The van der Waals surface area contributed by atoms with E-state index in [1.165, 1.54) is 153 Å². The highest BCUT2D eigenvalue weighted by Crippen LogP contribution is 2.29.